The first-order valence-electron chi connectivity index (χ1n) is 5.88. The Balaban J connectivity index is 1.89. The molecule has 0 bridgehead atoms. The Hall–Kier alpha value is -1.85. The van der Waals surface area contributed by atoms with Crippen LogP contribution in [0.2, 0.25) is 5.02 Å². The van der Waals surface area contributed by atoms with Crippen LogP contribution in [0.25, 0.3) is 0 Å². The fraction of sp³-hybridized carbons (Fsp3) is 0.231. The number of ether oxygens (including phenoxy) is 2. The lowest BCUT2D eigenvalue weighted by Gasteiger charge is -2.23. The van der Waals surface area contributed by atoms with Crippen LogP contribution in [0.1, 0.15) is 5.56 Å². The first-order chi connectivity index (χ1) is 9.22. The molecule has 1 aliphatic rings. The third-order valence-corrected chi connectivity index (χ3v) is 2.98. The summed E-state index contributed by atoms with van der Waals surface area (Å²) in [5.74, 6) is 1.30. The number of benzene rings is 1. The molecule has 1 unspecified atom stereocenters. The zero-order valence-corrected chi connectivity index (χ0v) is 10.8. The lowest BCUT2D eigenvalue weighted by Crippen LogP contribution is -2.33. The minimum atomic E-state index is 0.0227. The van der Waals surface area contributed by atoms with Crippen LogP contribution in [0.4, 0.5) is 0 Å². The quantitative estimate of drug-likeness (QED) is 0.911. The highest BCUT2D eigenvalue weighted by atomic mass is 35.5. The molecule has 1 aliphatic heterocycles. The van der Waals surface area contributed by atoms with Crippen molar-refractivity contribution in [3.05, 3.63) is 41.2 Å². The van der Waals surface area contributed by atoms with Crippen molar-refractivity contribution in [2.24, 2.45) is 5.73 Å². The summed E-state index contributed by atoms with van der Waals surface area (Å²) in [6.45, 7) is 0.481. The summed E-state index contributed by atoms with van der Waals surface area (Å²) in [7, 11) is 0. The molecule has 1 aromatic carbocycles. The monoisotopic (exact) mass is 277 g/mol. The zero-order valence-electron chi connectivity index (χ0n) is 10.0. The number of aromatic nitrogens is 2. The molecule has 2 aromatic rings. The van der Waals surface area contributed by atoms with Gasteiger partial charge < -0.3 is 15.2 Å². The minimum absolute atomic E-state index is 0.0227. The normalized spacial score (nSPS) is 17.5. The third-order valence-electron chi connectivity index (χ3n) is 2.78. The zero-order chi connectivity index (χ0) is 13.2. The first-order valence-corrected chi connectivity index (χ1v) is 6.26. The molecule has 0 spiro atoms. The number of fused-ring (bicyclic) bond motifs is 1. The van der Waals surface area contributed by atoms with Gasteiger partial charge in [-0.3, -0.25) is 0 Å². The summed E-state index contributed by atoms with van der Waals surface area (Å²) in [4.78, 5) is 7.98. The maximum atomic E-state index is 5.86. The van der Waals surface area contributed by atoms with Crippen molar-refractivity contribution in [2.45, 2.75) is 12.5 Å². The number of nitrogens with zero attached hydrogens (tertiary/aromatic N) is 2. The van der Waals surface area contributed by atoms with Gasteiger partial charge in [-0.25, -0.2) is 9.97 Å². The predicted octanol–water partition coefficient (Wildman–Crippen LogP) is 2.18. The molecule has 0 radical (unpaired) electrons. The van der Waals surface area contributed by atoms with E-state index in [1.165, 1.54) is 12.4 Å². The topological polar surface area (TPSA) is 70.3 Å². The number of hydrogen-bond donors (Lipinski definition) is 1. The molecule has 0 aliphatic carbocycles. The smallest absolute Gasteiger partial charge is 0.322 e. The van der Waals surface area contributed by atoms with Crippen LogP contribution in [0.3, 0.4) is 0 Å². The molecule has 0 saturated carbocycles. The molecule has 2 N–H and O–H groups in total. The van der Waals surface area contributed by atoms with Gasteiger partial charge in [0, 0.05) is 6.04 Å². The SMILES string of the molecule is NC1COc2c(cccc2Oc2ncc(Cl)cn2)C1. The summed E-state index contributed by atoms with van der Waals surface area (Å²) >= 11 is 5.73. The Morgan fingerprint density at radius 3 is 2.89 bits per heavy atom. The van der Waals surface area contributed by atoms with E-state index in [-0.39, 0.29) is 12.1 Å². The van der Waals surface area contributed by atoms with Gasteiger partial charge in [0.15, 0.2) is 11.5 Å². The highest BCUT2D eigenvalue weighted by Gasteiger charge is 2.20. The molecule has 0 amide bonds. The van der Waals surface area contributed by atoms with Gasteiger partial charge in [0.2, 0.25) is 0 Å². The van der Waals surface area contributed by atoms with Gasteiger partial charge in [0.1, 0.15) is 6.61 Å². The van der Waals surface area contributed by atoms with E-state index in [4.69, 9.17) is 26.8 Å². The largest absolute Gasteiger partial charge is 0.488 e. The van der Waals surface area contributed by atoms with E-state index >= 15 is 0 Å². The molecular formula is C13H12ClN3O2. The minimum Gasteiger partial charge on any atom is -0.488 e. The highest BCUT2D eigenvalue weighted by molar-refractivity contribution is 6.30. The number of rotatable bonds is 2. The molecule has 0 saturated heterocycles. The number of para-hydroxylation sites is 1. The second kappa shape index (κ2) is 5.03. The van der Waals surface area contributed by atoms with Crippen LogP contribution in [0, 0.1) is 0 Å². The standard InChI is InChI=1S/C13H12ClN3O2/c14-9-5-16-13(17-6-9)19-11-3-1-2-8-4-10(15)7-18-12(8)11/h1-3,5-6,10H,4,7,15H2. The lowest BCUT2D eigenvalue weighted by molar-refractivity contribution is 0.251. The Morgan fingerprint density at radius 1 is 1.32 bits per heavy atom. The second-order valence-corrected chi connectivity index (χ2v) is 4.74. The van der Waals surface area contributed by atoms with Gasteiger partial charge in [0.25, 0.3) is 0 Å². The Bertz CT molecular complexity index is 589. The molecule has 3 rings (SSSR count). The maximum absolute atomic E-state index is 5.86. The van der Waals surface area contributed by atoms with Crippen molar-refractivity contribution in [3.8, 4) is 17.5 Å². The van der Waals surface area contributed by atoms with E-state index < -0.39 is 0 Å². The van der Waals surface area contributed by atoms with Crippen LogP contribution in [0.15, 0.2) is 30.6 Å². The van der Waals surface area contributed by atoms with Gasteiger partial charge in [-0.2, -0.15) is 0 Å². The molecular weight excluding hydrogens is 266 g/mol. The van der Waals surface area contributed by atoms with E-state index in [1.807, 2.05) is 18.2 Å². The van der Waals surface area contributed by atoms with Crippen molar-refractivity contribution in [1.82, 2.24) is 9.97 Å². The number of hydrogen-bond acceptors (Lipinski definition) is 5. The van der Waals surface area contributed by atoms with Gasteiger partial charge in [-0.05, 0) is 18.1 Å². The van der Waals surface area contributed by atoms with E-state index in [2.05, 4.69) is 9.97 Å². The molecule has 19 heavy (non-hydrogen) atoms. The Labute approximate surface area is 115 Å². The van der Waals surface area contributed by atoms with Gasteiger partial charge in [-0.1, -0.05) is 23.7 Å². The molecule has 98 valence electrons. The third kappa shape index (κ3) is 2.62. The van der Waals surface area contributed by atoms with E-state index in [1.54, 1.807) is 0 Å². The van der Waals surface area contributed by atoms with Gasteiger partial charge >= 0.3 is 6.01 Å². The molecule has 6 heteroatoms. The fourth-order valence-corrected chi connectivity index (χ4v) is 2.05. The summed E-state index contributed by atoms with van der Waals surface area (Å²) in [5.41, 5.74) is 6.90. The number of nitrogens with two attached hydrogens (primary N) is 1. The molecule has 1 atom stereocenters. The second-order valence-electron chi connectivity index (χ2n) is 4.31. The average Bonchev–Trinajstić information content (AvgIpc) is 2.41. The maximum Gasteiger partial charge on any atom is 0.322 e. The fourth-order valence-electron chi connectivity index (χ4n) is 1.95. The average molecular weight is 278 g/mol. The highest BCUT2D eigenvalue weighted by Crippen LogP contribution is 2.36. The summed E-state index contributed by atoms with van der Waals surface area (Å²) in [6, 6.07) is 5.94. The van der Waals surface area contributed by atoms with Crippen LogP contribution in [0.5, 0.6) is 17.5 Å². The van der Waals surface area contributed by atoms with Gasteiger partial charge in [-0.15, -0.1) is 0 Å². The van der Waals surface area contributed by atoms with Crippen molar-refractivity contribution in [2.75, 3.05) is 6.61 Å². The van der Waals surface area contributed by atoms with Gasteiger partial charge in [0.05, 0.1) is 17.4 Å². The van der Waals surface area contributed by atoms with Crippen LogP contribution >= 0.6 is 11.6 Å². The van der Waals surface area contributed by atoms with Crippen LogP contribution < -0.4 is 15.2 Å². The van der Waals surface area contributed by atoms with Crippen molar-refractivity contribution in [1.29, 1.82) is 0 Å². The summed E-state index contributed by atoms with van der Waals surface area (Å²) in [5, 5.41) is 0.463. The predicted molar refractivity (Wildman–Crippen MR) is 70.7 cm³/mol. The molecule has 2 heterocycles. The Kier molecular flexibility index (Phi) is 3.23. The lowest BCUT2D eigenvalue weighted by atomic mass is 10.0. The molecule has 5 nitrogen and oxygen atoms in total. The summed E-state index contributed by atoms with van der Waals surface area (Å²) < 4.78 is 11.3. The van der Waals surface area contributed by atoms with Crippen molar-refractivity contribution in [3.63, 3.8) is 0 Å². The molecule has 1 aromatic heterocycles. The Morgan fingerprint density at radius 2 is 2.11 bits per heavy atom. The summed E-state index contributed by atoms with van der Waals surface area (Å²) in [6.07, 6.45) is 3.74. The molecule has 0 fully saturated rings. The van der Waals surface area contributed by atoms with E-state index in [9.17, 15) is 0 Å². The van der Waals surface area contributed by atoms with E-state index in [0.29, 0.717) is 23.1 Å². The van der Waals surface area contributed by atoms with Crippen molar-refractivity contribution >= 4 is 11.6 Å². The first kappa shape index (κ1) is 12.2. The van der Waals surface area contributed by atoms with Crippen molar-refractivity contribution < 1.29 is 9.47 Å². The van der Waals surface area contributed by atoms with E-state index in [0.717, 1.165) is 12.0 Å². The van der Waals surface area contributed by atoms with Crippen LogP contribution in [-0.2, 0) is 6.42 Å². The van der Waals surface area contributed by atoms with Crippen LogP contribution in [-0.4, -0.2) is 22.6 Å². The number of halogens is 1.